The Labute approximate surface area is 255 Å². The van der Waals surface area contributed by atoms with E-state index in [0.717, 1.165) is 16.9 Å². The zero-order chi connectivity index (χ0) is 30.7. The highest BCUT2D eigenvalue weighted by Crippen LogP contribution is 2.37. The third kappa shape index (κ3) is 6.09. The maximum absolute atomic E-state index is 13.8. The number of aromatic nitrogens is 1. The second-order valence-electron chi connectivity index (χ2n) is 9.49. The molecule has 0 amide bonds. The highest BCUT2D eigenvalue weighted by molar-refractivity contribution is 7.07. The third-order valence-corrected chi connectivity index (χ3v) is 7.98. The number of allylic oxidation sites excluding steroid dienone is 1. The number of esters is 1. The number of rotatable bonds is 8. The lowest BCUT2D eigenvalue weighted by molar-refractivity contribution is -0.139. The summed E-state index contributed by atoms with van der Waals surface area (Å²) in [5.41, 5.74) is 2.75. The lowest BCUT2D eigenvalue weighted by Gasteiger charge is -2.24. The van der Waals surface area contributed by atoms with Crippen molar-refractivity contribution in [2.24, 2.45) is 4.99 Å². The van der Waals surface area contributed by atoms with Crippen LogP contribution in [0.2, 0.25) is 5.02 Å². The molecule has 218 valence electrons. The molecule has 0 saturated carbocycles. The van der Waals surface area contributed by atoms with Crippen LogP contribution in [0.5, 0.6) is 11.5 Å². The van der Waals surface area contributed by atoms with E-state index in [4.69, 9.17) is 31.1 Å². The fourth-order valence-electron chi connectivity index (χ4n) is 4.70. The van der Waals surface area contributed by atoms with Gasteiger partial charge >= 0.3 is 5.97 Å². The van der Waals surface area contributed by atoms with E-state index >= 15 is 0 Å². The Morgan fingerprint density at radius 2 is 1.91 bits per heavy atom. The standard InChI is InChI=1S/C32H25ClFN3O5S/c1-4-41-31(39)27-18(2)36-32-37(28(27)22-9-11-23(34)12-10-22)30(38)26(43-32)15-21-13-24(33)29(25(14-21)40-3)42-17-20-7-5-19(16-35)6-8-20/h5-15,28H,4,17H2,1-3H3/b26-15-/t28-/m1/s1. The molecule has 0 spiro atoms. The molecule has 5 rings (SSSR count). The first kappa shape index (κ1) is 29.8. The number of benzene rings is 3. The molecule has 1 aliphatic rings. The molecule has 11 heteroatoms. The van der Waals surface area contributed by atoms with Gasteiger partial charge in [-0.25, -0.2) is 14.2 Å². The summed E-state index contributed by atoms with van der Waals surface area (Å²) in [7, 11) is 1.49. The Balaban J connectivity index is 1.55. The summed E-state index contributed by atoms with van der Waals surface area (Å²) in [4.78, 5) is 31.8. The molecule has 0 radical (unpaired) electrons. The van der Waals surface area contributed by atoms with Gasteiger partial charge in [-0.2, -0.15) is 5.26 Å². The average molecular weight is 618 g/mol. The number of nitriles is 1. The molecule has 0 aliphatic carbocycles. The smallest absolute Gasteiger partial charge is 0.338 e. The summed E-state index contributed by atoms with van der Waals surface area (Å²) in [6, 6.07) is 17.2. The predicted octanol–water partition coefficient (Wildman–Crippen LogP) is 5.05. The van der Waals surface area contributed by atoms with Crippen LogP contribution in [-0.4, -0.2) is 24.3 Å². The number of hydrogen-bond donors (Lipinski definition) is 0. The van der Waals surface area contributed by atoms with Crippen LogP contribution in [0.15, 0.2) is 81.7 Å². The van der Waals surface area contributed by atoms with Crippen molar-refractivity contribution in [1.29, 1.82) is 5.26 Å². The predicted molar refractivity (Wildman–Crippen MR) is 160 cm³/mol. The van der Waals surface area contributed by atoms with Gasteiger partial charge in [0.05, 0.1) is 52.2 Å². The Hall–Kier alpha value is -4.72. The number of fused-ring (bicyclic) bond motifs is 1. The lowest BCUT2D eigenvalue weighted by atomic mass is 9.96. The molecule has 0 unspecified atom stereocenters. The molecule has 0 N–H and O–H groups in total. The van der Waals surface area contributed by atoms with Gasteiger partial charge in [0.15, 0.2) is 16.3 Å². The van der Waals surface area contributed by atoms with Crippen LogP contribution in [0, 0.1) is 17.1 Å². The van der Waals surface area contributed by atoms with Crippen molar-refractivity contribution >= 4 is 35.0 Å². The van der Waals surface area contributed by atoms with Crippen molar-refractivity contribution in [2.75, 3.05) is 13.7 Å². The maximum atomic E-state index is 13.8. The average Bonchev–Trinajstić information content (AvgIpc) is 3.30. The summed E-state index contributed by atoms with van der Waals surface area (Å²) < 4.78 is 32.3. The van der Waals surface area contributed by atoms with Crippen LogP contribution in [-0.2, 0) is 16.1 Å². The van der Waals surface area contributed by atoms with Gasteiger partial charge in [0.25, 0.3) is 5.56 Å². The first-order chi connectivity index (χ1) is 20.7. The van der Waals surface area contributed by atoms with Crippen molar-refractivity contribution in [3.05, 3.63) is 125 Å². The van der Waals surface area contributed by atoms with Crippen LogP contribution in [0.4, 0.5) is 4.39 Å². The first-order valence-corrected chi connectivity index (χ1v) is 14.4. The quantitative estimate of drug-likeness (QED) is 0.256. The van der Waals surface area contributed by atoms with Crippen molar-refractivity contribution in [1.82, 2.24) is 4.57 Å². The minimum absolute atomic E-state index is 0.145. The normalized spacial score (nSPS) is 14.5. The Kier molecular flexibility index (Phi) is 8.76. The van der Waals surface area contributed by atoms with Gasteiger partial charge in [0.1, 0.15) is 12.4 Å². The molecule has 0 saturated heterocycles. The number of nitrogens with zero attached hydrogens (tertiary/aromatic N) is 3. The Morgan fingerprint density at radius 1 is 1.19 bits per heavy atom. The fourth-order valence-corrected chi connectivity index (χ4v) is 6.02. The van der Waals surface area contributed by atoms with Gasteiger partial charge in [-0.1, -0.05) is 47.2 Å². The van der Waals surface area contributed by atoms with Crippen LogP contribution >= 0.6 is 22.9 Å². The zero-order valence-electron chi connectivity index (χ0n) is 23.4. The van der Waals surface area contributed by atoms with Crippen LogP contribution in [0.3, 0.4) is 0 Å². The molecule has 2 heterocycles. The van der Waals surface area contributed by atoms with Crippen LogP contribution in [0.25, 0.3) is 6.08 Å². The molecule has 3 aromatic carbocycles. The molecule has 0 bridgehead atoms. The highest BCUT2D eigenvalue weighted by Gasteiger charge is 2.33. The van der Waals surface area contributed by atoms with Gasteiger partial charge in [-0.3, -0.25) is 9.36 Å². The van der Waals surface area contributed by atoms with Crippen molar-refractivity contribution in [2.45, 2.75) is 26.5 Å². The molecule has 1 aliphatic heterocycles. The molecule has 1 aromatic heterocycles. The van der Waals surface area contributed by atoms with Crippen LogP contribution in [0.1, 0.15) is 42.1 Å². The van der Waals surface area contributed by atoms with Gasteiger partial charge in [0.2, 0.25) is 0 Å². The number of methoxy groups -OCH3 is 1. The zero-order valence-corrected chi connectivity index (χ0v) is 25.0. The van der Waals surface area contributed by atoms with Crippen molar-refractivity contribution in [3.8, 4) is 17.6 Å². The Morgan fingerprint density at radius 3 is 2.56 bits per heavy atom. The minimum Gasteiger partial charge on any atom is -0.493 e. The van der Waals surface area contributed by atoms with E-state index in [0.29, 0.717) is 43.2 Å². The lowest BCUT2D eigenvalue weighted by Crippen LogP contribution is -2.39. The molecular formula is C32H25ClFN3O5S. The SMILES string of the molecule is CCOC(=O)C1=C(C)N=c2s/c(=C\c3cc(Cl)c(OCc4ccc(C#N)cc4)c(OC)c3)c(=O)n2[C@@H]1c1ccc(F)cc1. The second kappa shape index (κ2) is 12.7. The molecular weight excluding hydrogens is 593 g/mol. The van der Waals surface area contributed by atoms with E-state index in [1.807, 2.05) is 0 Å². The molecule has 1 atom stereocenters. The maximum Gasteiger partial charge on any atom is 0.338 e. The monoisotopic (exact) mass is 617 g/mol. The van der Waals surface area contributed by atoms with Crippen LogP contribution < -0.4 is 24.4 Å². The van der Waals surface area contributed by atoms with Gasteiger partial charge in [-0.05, 0) is 73.0 Å². The van der Waals surface area contributed by atoms with E-state index in [2.05, 4.69) is 11.1 Å². The third-order valence-electron chi connectivity index (χ3n) is 6.72. The molecule has 0 fully saturated rings. The highest BCUT2D eigenvalue weighted by atomic mass is 35.5. The van der Waals surface area contributed by atoms with E-state index < -0.39 is 17.8 Å². The minimum atomic E-state index is -0.853. The van der Waals surface area contributed by atoms with Gasteiger partial charge in [-0.15, -0.1) is 0 Å². The number of carbonyl (C=O) groups excluding carboxylic acids is 1. The molecule has 4 aromatic rings. The summed E-state index contributed by atoms with van der Waals surface area (Å²) in [5, 5.41) is 9.27. The molecule has 8 nitrogen and oxygen atoms in total. The summed E-state index contributed by atoms with van der Waals surface area (Å²) >= 11 is 7.75. The number of carbonyl (C=O) groups is 1. The summed E-state index contributed by atoms with van der Waals surface area (Å²) in [6.07, 6.45) is 1.66. The number of ether oxygens (including phenoxy) is 3. The van der Waals surface area contributed by atoms with E-state index in [1.165, 1.54) is 35.9 Å². The van der Waals surface area contributed by atoms with E-state index in [1.54, 1.807) is 56.3 Å². The van der Waals surface area contributed by atoms with Crippen molar-refractivity contribution in [3.63, 3.8) is 0 Å². The van der Waals surface area contributed by atoms with E-state index in [9.17, 15) is 14.0 Å². The van der Waals surface area contributed by atoms with Gasteiger partial charge < -0.3 is 14.2 Å². The summed E-state index contributed by atoms with van der Waals surface area (Å²) in [6.45, 7) is 3.72. The number of halogens is 2. The van der Waals surface area contributed by atoms with Crippen molar-refractivity contribution < 1.29 is 23.4 Å². The summed E-state index contributed by atoms with van der Waals surface area (Å²) in [5.74, 6) is -0.340. The van der Waals surface area contributed by atoms with Gasteiger partial charge in [0, 0.05) is 0 Å². The largest absolute Gasteiger partial charge is 0.493 e. The molecule has 43 heavy (non-hydrogen) atoms. The number of hydrogen-bond acceptors (Lipinski definition) is 8. The fraction of sp³-hybridized carbons (Fsp3) is 0.188. The number of thiazole rings is 1. The second-order valence-corrected chi connectivity index (χ2v) is 10.9. The topological polar surface area (TPSA) is 103 Å². The first-order valence-electron chi connectivity index (χ1n) is 13.2. The van der Waals surface area contributed by atoms with E-state index in [-0.39, 0.29) is 29.4 Å². The Bertz CT molecular complexity index is 1960.